The Bertz CT molecular complexity index is 603. The second-order valence-electron chi connectivity index (χ2n) is 5.10. The number of amides is 1. The highest BCUT2D eigenvalue weighted by Gasteiger charge is 2.23. The third-order valence-electron chi connectivity index (χ3n) is 3.67. The Hall–Kier alpha value is -2.57. The van der Waals surface area contributed by atoms with Crippen LogP contribution < -0.4 is 10.2 Å². The van der Waals surface area contributed by atoms with E-state index in [2.05, 4.69) is 20.4 Å². The zero-order valence-corrected chi connectivity index (χ0v) is 12.5. The van der Waals surface area contributed by atoms with E-state index in [9.17, 15) is 4.79 Å². The molecule has 0 bridgehead atoms. The molecule has 0 spiro atoms. The Balaban J connectivity index is 1.58. The maximum atomic E-state index is 12.2. The molecule has 1 saturated heterocycles. The minimum absolute atomic E-state index is 0.0157. The smallest absolute Gasteiger partial charge is 0.257 e. The number of nitrogens with one attached hydrogen (secondary N) is 1. The van der Waals surface area contributed by atoms with E-state index in [0.717, 1.165) is 31.3 Å². The molecule has 1 aliphatic rings. The Kier molecular flexibility index (Phi) is 4.22. The van der Waals surface area contributed by atoms with Crippen LogP contribution in [0.1, 0.15) is 17.3 Å². The van der Waals surface area contributed by atoms with Crippen molar-refractivity contribution in [1.82, 2.24) is 15.1 Å². The van der Waals surface area contributed by atoms with Crippen molar-refractivity contribution in [3.63, 3.8) is 0 Å². The van der Waals surface area contributed by atoms with Gasteiger partial charge in [0.2, 0.25) is 0 Å². The highest BCUT2D eigenvalue weighted by molar-refractivity contribution is 5.94. The van der Waals surface area contributed by atoms with Gasteiger partial charge in [0.1, 0.15) is 12.1 Å². The summed E-state index contributed by atoms with van der Waals surface area (Å²) >= 11 is 0. The molecule has 1 fully saturated rings. The number of anilines is 2. The molecule has 0 saturated carbocycles. The SMILES string of the molecule is CCNc1ccc(N2CCN(C(=O)c3ccoc3)CC2)nn1. The van der Waals surface area contributed by atoms with Gasteiger partial charge < -0.3 is 19.5 Å². The summed E-state index contributed by atoms with van der Waals surface area (Å²) < 4.78 is 4.97. The molecule has 1 N–H and O–H groups in total. The van der Waals surface area contributed by atoms with Gasteiger partial charge in [0.15, 0.2) is 5.82 Å². The fraction of sp³-hybridized carbons (Fsp3) is 0.400. The molecule has 22 heavy (non-hydrogen) atoms. The molecule has 0 unspecified atom stereocenters. The molecule has 0 radical (unpaired) electrons. The summed E-state index contributed by atoms with van der Waals surface area (Å²) in [6.45, 7) is 5.67. The number of hydrogen-bond donors (Lipinski definition) is 1. The largest absolute Gasteiger partial charge is 0.472 e. The van der Waals surface area contributed by atoms with Crippen molar-refractivity contribution in [1.29, 1.82) is 0 Å². The van der Waals surface area contributed by atoms with Gasteiger partial charge in [0.05, 0.1) is 11.8 Å². The van der Waals surface area contributed by atoms with Crippen LogP contribution >= 0.6 is 0 Å². The Morgan fingerprint density at radius 1 is 1.23 bits per heavy atom. The zero-order valence-electron chi connectivity index (χ0n) is 12.5. The average Bonchev–Trinajstić information content (AvgIpc) is 3.10. The van der Waals surface area contributed by atoms with Crippen molar-refractivity contribution in [3.05, 3.63) is 36.3 Å². The lowest BCUT2D eigenvalue weighted by Crippen LogP contribution is -2.49. The first-order chi connectivity index (χ1) is 10.8. The van der Waals surface area contributed by atoms with E-state index in [0.29, 0.717) is 18.7 Å². The van der Waals surface area contributed by atoms with Crippen LogP contribution in [0.4, 0.5) is 11.6 Å². The maximum absolute atomic E-state index is 12.2. The summed E-state index contributed by atoms with van der Waals surface area (Å²) in [5.74, 6) is 1.64. The monoisotopic (exact) mass is 301 g/mol. The quantitative estimate of drug-likeness (QED) is 0.921. The molecule has 7 heteroatoms. The first kappa shape index (κ1) is 14.4. The van der Waals surface area contributed by atoms with Gasteiger partial charge in [-0.2, -0.15) is 0 Å². The lowest BCUT2D eigenvalue weighted by atomic mass is 10.2. The zero-order chi connectivity index (χ0) is 15.4. The van der Waals surface area contributed by atoms with Crippen molar-refractivity contribution in [2.24, 2.45) is 0 Å². The lowest BCUT2D eigenvalue weighted by molar-refractivity contribution is 0.0746. The average molecular weight is 301 g/mol. The number of aromatic nitrogens is 2. The van der Waals surface area contributed by atoms with E-state index in [-0.39, 0.29) is 5.91 Å². The number of furan rings is 1. The Labute approximate surface area is 128 Å². The predicted molar refractivity (Wildman–Crippen MR) is 83.0 cm³/mol. The molecule has 0 atom stereocenters. The fourth-order valence-electron chi connectivity index (χ4n) is 2.48. The highest BCUT2D eigenvalue weighted by Crippen LogP contribution is 2.15. The van der Waals surface area contributed by atoms with E-state index in [1.807, 2.05) is 24.0 Å². The molecule has 0 aromatic carbocycles. The summed E-state index contributed by atoms with van der Waals surface area (Å²) in [6, 6.07) is 5.58. The molecule has 2 aromatic rings. The van der Waals surface area contributed by atoms with Gasteiger partial charge in [-0.05, 0) is 25.1 Å². The number of carbonyl (C=O) groups is 1. The van der Waals surface area contributed by atoms with Gasteiger partial charge in [-0.1, -0.05) is 0 Å². The van der Waals surface area contributed by atoms with Crippen molar-refractivity contribution >= 4 is 17.5 Å². The number of nitrogens with zero attached hydrogens (tertiary/aromatic N) is 4. The molecule has 1 amide bonds. The fourth-order valence-corrected chi connectivity index (χ4v) is 2.48. The lowest BCUT2D eigenvalue weighted by Gasteiger charge is -2.35. The minimum Gasteiger partial charge on any atom is -0.472 e. The molecule has 7 nitrogen and oxygen atoms in total. The molecule has 116 valence electrons. The van der Waals surface area contributed by atoms with Crippen molar-refractivity contribution in [2.45, 2.75) is 6.92 Å². The molecule has 3 heterocycles. The summed E-state index contributed by atoms with van der Waals surface area (Å²) in [5, 5.41) is 11.5. The molecule has 0 aliphatic carbocycles. The van der Waals surface area contributed by atoms with Gasteiger partial charge >= 0.3 is 0 Å². The van der Waals surface area contributed by atoms with E-state index < -0.39 is 0 Å². The summed E-state index contributed by atoms with van der Waals surface area (Å²) in [6.07, 6.45) is 3.00. The van der Waals surface area contributed by atoms with Crippen molar-refractivity contribution < 1.29 is 9.21 Å². The number of rotatable bonds is 4. The second kappa shape index (κ2) is 6.46. The van der Waals surface area contributed by atoms with Crippen LogP contribution in [-0.2, 0) is 0 Å². The number of carbonyl (C=O) groups excluding carboxylic acids is 1. The van der Waals surface area contributed by atoms with E-state index in [4.69, 9.17) is 4.42 Å². The standard InChI is InChI=1S/C15H19N5O2/c1-2-16-13-3-4-14(18-17-13)19-6-8-20(9-7-19)15(21)12-5-10-22-11-12/h3-5,10-11H,2,6-9H2,1H3,(H,16,17). The molecule has 2 aromatic heterocycles. The third kappa shape index (κ3) is 3.03. The van der Waals surface area contributed by atoms with Crippen LogP contribution in [0.25, 0.3) is 0 Å². The maximum Gasteiger partial charge on any atom is 0.257 e. The molecule has 3 rings (SSSR count). The summed E-state index contributed by atoms with van der Waals surface area (Å²) in [4.78, 5) is 16.2. The van der Waals surface area contributed by atoms with Crippen LogP contribution in [0.5, 0.6) is 0 Å². The van der Waals surface area contributed by atoms with Gasteiger partial charge in [0.25, 0.3) is 5.91 Å². The van der Waals surface area contributed by atoms with Crippen molar-refractivity contribution in [2.75, 3.05) is 42.9 Å². The van der Waals surface area contributed by atoms with Crippen LogP contribution in [0.2, 0.25) is 0 Å². The van der Waals surface area contributed by atoms with E-state index in [1.165, 1.54) is 12.5 Å². The minimum atomic E-state index is 0.0157. The number of hydrogen-bond acceptors (Lipinski definition) is 6. The van der Waals surface area contributed by atoms with E-state index >= 15 is 0 Å². The Morgan fingerprint density at radius 2 is 2.05 bits per heavy atom. The van der Waals surface area contributed by atoms with Crippen molar-refractivity contribution in [3.8, 4) is 0 Å². The predicted octanol–water partition coefficient (Wildman–Crippen LogP) is 1.46. The second-order valence-corrected chi connectivity index (χ2v) is 5.10. The van der Waals surface area contributed by atoms with Gasteiger partial charge in [-0.15, -0.1) is 10.2 Å². The van der Waals surface area contributed by atoms with E-state index in [1.54, 1.807) is 6.07 Å². The molecular weight excluding hydrogens is 282 g/mol. The first-order valence-corrected chi connectivity index (χ1v) is 7.42. The van der Waals surface area contributed by atoms with Crippen LogP contribution in [0, 0.1) is 0 Å². The van der Waals surface area contributed by atoms with Crippen LogP contribution in [-0.4, -0.2) is 53.7 Å². The highest BCUT2D eigenvalue weighted by atomic mass is 16.3. The number of piperazine rings is 1. The normalized spacial score (nSPS) is 15.0. The first-order valence-electron chi connectivity index (χ1n) is 7.42. The van der Waals surface area contributed by atoms with Gasteiger partial charge in [-0.3, -0.25) is 4.79 Å². The van der Waals surface area contributed by atoms with Crippen LogP contribution in [0.15, 0.2) is 35.1 Å². The Morgan fingerprint density at radius 3 is 2.64 bits per heavy atom. The summed E-state index contributed by atoms with van der Waals surface area (Å²) in [5.41, 5.74) is 0.600. The third-order valence-corrected chi connectivity index (χ3v) is 3.67. The van der Waals surface area contributed by atoms with Gasteiger partial charge in [-0.25, -0.2) is 0 Å². The van der Waals surface area contributed by atoms with Gasteiger partial charge in [0, 0.05) is 32.7 Å². The van der Waals surface area contributed by atoms with Crippen LogP contribution in [0.3, 0.4) is 0 Å². The molecular formula is C15H19N5O2. The summed E-state index contributed by atoms with van der Waals surface area (Å²) in [7, 11) is 0. The topological polar surface area (TPSA) is 74.5 Å². The molecule has 1 aliphatic heterocycles.